The number of aromatic nitrogens is 2. The fourth-order valence-electron chi connectivity index (χ4n) is 3.31. The topological polar surface area (TPSA) is 144 Å². The van der Waals surface area contributed by atoms with Crippen molar-refractivity contribution in [2.24, 2.45) is 10.1 Å². The molecule has 0 fully saturated rings. The molecule has 39 heavy (non-hydrogen) atoms. The molecule has 0 saturated carbocycles. The first-order valence-corrected chi connectivity index (χ1v) is 13.5. The summed E-state index contributed by atoms with van der Waals surface area (Å²) in [5, 5.41) is 7.25. The summed E-state index contributed by atoms with van der Waals surface area (Å²) in [6.45, 7) is -0.391. The zero-order chi connectivity index (χ0) is 28.4. The molecule has 3 N–H and O–H groups in total. The van der Waals surface area contributed by atoms with Crippen molar-refractivity contribution in [3.8, 4) is 11.1 Å². The molecule has 2 amide bonds. The van der Waals surface area contributed by atoms with Gasteiger partial charge in [-0.3, -0.25) is 9.59 Å². The Bertz CT molecular complexity index is 1680. The van der Waals surface area contributed by atoms with Gasteiger partial charge in [-0.25, -0.2) is 28.5 Å². The number of amides is 2. The van der Waals surface area contributed by atoms with Crippen LogP contribution in [0, 0.1) is 5.95 Å². The molecule has 0 atom stereocenters. The molecule has 4 rings (SSSR count). The number of hydrogen-bond acceptors (Lipinski definition) is 7. The number of benzene rings is 2. The largest absolute Gasteiger partial charge is 0.416 e. The van der Waals surface area contributed by atoms with Crippen LogP contribution < -0.4 is 10.5 Å². The Morgan fingerprint density at radius 2 is 1.72 bits per heavy atom. The SMILES string of the molecule is NS(=O)(=O)CCNC(=O)/C(=N/C(=O)c1ccc(C(F)(F)F)cc1)c1nc2ccc(-c3ccc(F)nc3)cc2s1. The van der Waals surface area contributed by atoms with Crippen LogP contribution in [-0.4, -0.2) is 48.2 Å². The quantitative estimate of drug-likeness (QED) is 0.195. The van der Waals surface area contributed by atoms with Crippen molar-refractivity contribution in [1.82, 2.24) is 15.3 Å². The number of pyridine rings is 1. The number of nitrogens with zero attached hydrogens (tertiary/aromatic N) is 3. The van der Waals surface area contributed by atoms with Crippen LogP contribution in [0.2, 0.25) is 0 Å². The first kappa shape index (κ1) is 27.9. The van der Waals surface area contributed by atoms with Gasteiger partial charge in [0, 0.05) is 23.9 Å². The maximum absolute atomic E-state index is 13.2. The summed E-state index contributed by atoms with van der Waals surface area (Å²) in [6, 6.07) is 11.0. The van der Waals surface area contributed by atoms with E-state index in [2.05, 4.69) is 20.3 Å². The molecule has 0 radical (unpaired) electrons. The van der Waals surface area contributed by atoms with Crippen molar-refractivity contribution in [3.63, 3.8) is 0 Å². The first-order chi connectivity index (χ1) is 18.3. The standard InChI is InChI=1S/C24H17F4N5O4S2/c25-19-8-4-15(12-31-19)14-3-7-17-18(11-14)38-23(32-17)20(22(35)30-9-10-39(29,36)37)33-21(34)13-1-5-16(6-2-13)24(26,27)28/h1-8,11-12H,9-10H2,(H,30,35)(H2,29,36,37)/b33-20-. The highest BCUT2D eigenvalue weighted by atomic mass is 32.2. The fraction of sp³-hybridized carbons (Fsp3) is 0.125. The van der Waals surface area contributed by atoms with E-state index in [0.717, 1.165) is 23.5 Å². The van der Waals surface area contributed by atoms with Gasteiger partial charge in [0.25, 0.3) is 11.8 Å². The summed E-state index contributed by atoms with van der Waals surface area (Å²) >= 11 is 0.987. The Labute approximate surface area is 222 Å². The number of rotatable bonds is 7. The number of thiazole rings is 1. The van der Waals surface area contributed by atoms with Crippen molar-refractivity contribution in [3.05, 3.63) is 82.9 Å². The highest BCUT2D eigenvalue weighted by Gasteiger charge is 2.30. The van der Waals surface area contributed by atoms with Crippen LogP contribution in [0.25, 0.3) is 21.3 Å². The van der Waals surface area contributed by atoms with Crippen molar-refractivity contribution in [1.29, 1.82) is 0 Å². The van der Waals surface area contributed by atoms with E-state index >= 15 is 0 Å². The molecule has 2 heterocycles. The smallest absolute Gasteiger partial charge is 0.350 e. The van der Waals surface area contributed by atoms with Gasteiger partial charge in [-0.2, -0.15) is 17.6 Å². The van der Waals surface area contributed by atoms with Crippen molar-refractivity contribution in [2.75, 3.05) is 12.3 Å². The molecular formula is C24H17F4N5O4S2. The van der Waals surface area contributed by atoms with Gasteiger partial charge in [-0.15, -0.1) is 11.3 Å². The van der Waals surface area contributed by atoms with Crippen LogP contribution in [0.3, 0.4) is 0 Å². The third-order valence-corrected chi connectivity index (χ3v) is 7.01. The monoisotopic (exact) mass is 579 g/mol. The van der Waals surface area contributed by atoms with E-state index in [0.29, 0.717) is 33.5 Å². The first-order valence-electron chi connectivity index (χ1n) is 10.9. The molecule has 2 aromatic carbocycles. The van der Waals surface area contributed by atoms with Crippen LogP contribution in [0.5, 0.6) is 0 Å². The molecule has 0 spiro atoms. The normalized spacial score (nSPS) is 12.5. The predicted molar refractivity (Wildman–Crippen MR) is 136 cm³/mol. The van der Waals surface area contributed by atoms with Gasteiger partial charge in [0.2, 0.25) is 16.0 Å². The molecule has 9 nitrogen and oxygen atoms in total. The zero-order valence-electron chi connectivity index (χ0n) is 19.6. The van der Waals surface area contributed by atoms with Crippen molar-refractivity contribution in [2.45, 2.75) is 6.18 Å². The highest BCUT2D eigenvalue weighted by molar-refractivity contribution is 7.89. The number of nitrogens with one attached hydrogen (secondary N) is 1. The lowest BCUT2D eigenvalue weighted by Crippen LogP contribution is -2.36. The minimum Gasteiger partial charge on any atom is -0.350 e. The van der Waals surface area contributed by atoms with Crippen LogP contribution in [0.15, 0.2) is 65.8 Å². The lowest BCUT2D eigenvalue weighted by Gasteiger charge is -2.07. The average molecular weight is 580 g/mol. The third kappa shape index (κ3) is 7.07. The summed E-state index contributed by atoms with van der Waals surface area (Å²) in [5.41, 5.74) is 0.0520. The third-order valence-electron chi connectivity index (χ3n) is 5.21. The van der Waals surface area contributed by atoms with E-state index < -0.39 is 57.5 Å². The average Bonchev–Trinajstić information content (AvgIpc) is 3.29. The molecule has 15 heteroatoms. The maximum atomic E-state index is 13.2. The van der Waals surface area contributed by atoms with E-state index in [9.17, 15) is 35.6 Å². The van der Waals surface area contributed by atoms with Gasteiger partial charge in [-0.1, -0.05) is 6.07 Å². The Hall–Kier alpha value is -4.08. The summed E-state index contributed by atoms with van der Waals surface area (Å²) < 4.78 is 74.8. The molecule has 0 aliphatic carbocycles. The Balaban J connectivity index is 1.70. The van der Waals surface area contributed by atoms with Crippen LogP contribution >= 0.6 is 11.3 Å². The molecule has 4 aromatic rings. The Kier molecular flexibility index (Phi) is 7.85. The second-order valence-corrected chi connectivity index (χ2v) is 10.8. The van der Waals surface area contributed by atoms with Gasteiger partial charge >= 0.3 is 6.18 Å². The number of aliphatic imine (C=N–C) groups is 1. The Morgan fingerprint density at radius 1 is 1.03 bits per heavy atom. The summed E-state index contributed by atoms with van der Waals surface area (Å²) in [6.07, 6.45) is -3.27. The van der Waals surface area contributed by atoms with Gasteiger partial charge in [0.15, 0.2) is 5.71 Å². The van der Waals surface area contributed by atoms with Crippen LogP contribution in [-0.2, 0) is 21.0 Å². The second kappa shape index (κ2) is 11.0. The van der Waals surface area contributed by atoms with E-state index in [-0.39, 0.29) is 10.6 Å². The lowest BCUT2D eigenvalue weighted by atomic mass is 10.1. The minimum absolute atomic E-state index is 0.00671. The lowest BCUT2D eigenvalue weighted by molar-refractivity contribution is -0.137. The van der Waals surface area contributed by atoms with E-state index in [1.807, 2.05) is 0 Å². The molecule has 0 aliphatic rings. The van der Waals surface area contributed by atoms with Crippen molar-refractivity contribution >= 4 is 49.1 Å². The number of primary sulfonamides is 1. The van der Waals surface area contributed by atoms with E-state index in [1.165, 1.54) is 18.3 Å². The molecule has 202 valence electrons. The minimum atomic E-state index is -4.61. The fourth-order valence-corrected chi connectivity index (χ4v) is 4.68. The number of halogens is 4. The van der Waals surface area contributed by atoms with Gasteiger partial charge in [0.05, 0.1) is 21.5 Å². The van der Waals surface area contributed by atoms with Crippen molar-refractivity contribution < 1.29 is 35.6 Å². The number of carbonyl (C=O) groups excluding carboxylic acids is 2. The molecule has 0 unspecified atom stereocenters. The second-order valence-electron chi connectivity index (χ2n) is 8.03. The number of nitrogens with two attached hydrogens (primary N) is 1. The number of sulfonamides is 1. The van der Waals surface area contributed by atoms with Crippen LogP contribution in [0.1, 0.15) is 20.9 Å². The predicted octanol–water partition coefficient (Wildman–Crippen LogP) is 3.55. The van der Waals surface area contributed by atoms with E-state index in [1.54, 1.807) is 18.2 Å². The summed E-state index contributed by atoms with van der Waals surface area (Å²) in [7, 11) is -3.90. The Morgan fingerprint density at radius 3 is 2.33 bits per heavy atom. The number of alkyl halides is 3. The highest BCUT2D eigenvalue weighted by Crippen LogP contribution is 2.30. The number of hydrogen-bond donors (Lipinski definition) is 2. The zero-order valence-corrected chi connectivity index (χ0v) is 21.2. The van der Waals surface area contributed by atoms with E-state index in [4.69, 9.17) is 5.14 Å². The molecule has 2 aromatic heterocycles. The summed E-state index contributed by atoms with van der Waals surface area (Å²) in [5.74, 6) is -3.20. The van der Waals surface area contributed by atoms with Gasteiger partial charge in [0.1, 0.15) is 5.01 Å². The van der Waals surface area contributed by atoms with Crippen LogP contribution in [0.4, 0.5) is 17.6 Å². The molecule has 0 aliphatic heterocycles. The van der Waals surface area contributed by atoms with Gasteiger partial charge < -0.3 is 5.32 Å². The molecule has 0 bridgehead atoms. The number of carbonyl (C=O) groups is 2. The molecule has 0 saturated heterocycles. The summed E-state index contributed by atoms with van der Waals surface area (Å²) in [4.78, 5) is 37.5. The maximum Gasteiger partial charge on any atom is 0.416 e. The van der Waals surface area contributed by atoms with Gasteiger partial charge in [-0.05, 0) is 54.1 Å². The molecular weight excluding hydrogens is 562 g/mol. The number of fused-ring (bicyclic) bond motifs is 1.